The Hall–Kier alpha value is -3.01. The molecule has 1 aliphatic carbocycles. The van der Waals surface area contributed by atoms with E-state index in [1.807, 2.05) is 40.3 Å². The number of halogens is 1. The van der Waals surface area contributed by atoms with Gasteiger partial charge in [0.1, 0.15) is 22.2 Å². The summed E-state index contributed by atoms with van der Waals surface area (Å²) in [6.45, 7) is 4.76. The molecule has 0 bridgehead atoms. The third-order valence-electron chi connectivity index (χ3n) is 6.34. The van der Waals surface area contributed by atoms with Gasteiger partial charge in [-0.15, -0.1) is 12.4 Å². The molecular formula is C27H39ClN2O5Si. The van der Waals surface area contributed by atoms with E-state index >= 15 is 0 Å². The van der Waals surface area contributed by atoms with Crippen LogP contribution in [0.3, 0.4) is 0 Å². The van der Waals surface area contributed by atoms with Gasteiger partial charge >= 0.3 is 0 Å². The van der Waals surface area contributed by atoms with E-state index in [4.69, 9.17) is 0 Å². The van der Waals surface area contributed by atoms with E-state index in [0.717, 1.165) is 28.1 Å². The van der Waals surface area contributed by atoms with E-state index in [2.05, 4.69) is 59.0 Å². The second kappa shape index (κ2) is 12.8. The maximum atomic E-state index is 12.0. The number of carboxylic acids is 1. The third-order valence-corrected chi connectivity index (χ3v) is 9.86. The Bertz CT molecular complexity index is 1240. The van der Waals surface area contributed by atoms with Crippen molar-refractivity contribution < 1.29 is 30.9 Å². The molecule has 0 unspecified atom stereocenters. The van der Waals surface area contributed by atoms with Gasteiger partial charge in [-0.25, -0.2) is 4.58 Å². The van der Waals surface area contributed by atoms with Gasteiger partial charge in [0.25, 0.3) is 0 Å². The highest BCUT2D eigenvalue weighted by Gasteiger charge is 2.40. The van der Waals surface area contributed by atoms with Gasteiger partial charge in [0, 0.05) is 37.5 Å². The van der Waals surface area contributed by atoms with Crippen LogP contribution in [-0.4, -0.2) is 68.9 Å². The lowest BCUT2D eigenvalue weighted by Crippen LogP contribution is -2.49. The molecule has 6 N–H and O–H groups in total. The molecule has 0 atom stereocenters. The fourth-order valence-electron chi connectivity index (χ4n) is 4.55. The van der Waals surface area contributed by atoms with E-state index in [9.17, 15) is 9.90 Å². The summed E-state index contributed by atoms with van der Waals surface area (Å²) >= 11 is 0. The number of carbonyl (C=O) groups is 1. The largest absolute Gasteiger partial charge is 0.545 e. The molecule has 0 saturated heterocycles. The Kier molecular flexibility index (Phi) is 12.5. The molecule has 198 valence electrons. The minimum absolute atomic E-state index is 0. The Balaban J connectivity index is 0. The molecule has 0 spiro atoms. The Morgan fingerprint density at radius 2 is 1.56 bits per heavy atom. The maximum Gasteiger partial charge on any atom is 0.199 e. The third kappa shape index (κ3) is 5.69. The van der Waals surface area contributed by atoms with E-state index in [1.54, 1.807) is 12.1 Å². The maximum absolute atomic E-state index is 12.0. The Morgan fingerprint density at radius 1 is 0.944 bits per heavy atom. The number of fused-ring (bicyclic) bond motifs is 2. The summed E-state index contributed by atoms with van der Waals surface area (Å²) in [7, 11) is 6.15. The van der Waals surface area contributed by atoms with Crippen LogP contribution in [0, 0.1) is 0 Å². The Morgan fingerprint density at radius 3 is 2.11 bits per heavy atom. The average molecular weight is 535 g/mol. The van der Waals surface area contributed by atoms with Crippen LogP contribution < -0.4 is 15.2 Å². The lowest BCUT2D eigenvalue weighted by atomic mass is 9.87. The lowest BCUT2D eigenvalue weighted by molar-refractivity contribution is -0.462. The van der Waals surface area contributed by atoms with Crippen LogP contribution in [0.4, 0.5) is 5.69 Å². The number of nitrogens with zero attached hydrogens (tertiary/aromatic N) is 2. The molecule has 36 heavy (non-hydrogen) atoms. The van der Waals surface area contributed by atoms with Crippen molar-refractivity contribution in [2.75, 3.05) is 33.1 Å². The molecule has 0 fully saturated rings. The zero-order valence-corrected chi connectivity index (χ0v) is 22.7. The molecule has 9 heteroatoms. The highest BCUT2D eigenvalue weighted by Crippen LogP contribution is 2.42. The van der Waals surface area contributed by atoms with E-state index in [-0.39, 0.29) is 41.8 Å². The van der Waals surface area contributed by atoms with Crippen molar-refractivity contribution >= 4 is 48.6 Å². The van der Waals surface area contributed by atoms with Crippen LogP contribution in [0.1, 0.15) is 28.9 Å². The second-order valence-corrected chi connectivity index (χ2v) is 13.4. The quantitative estimate of drug-likeness (QED) is 0.431. The van der Waals surface area contributed by atoms with Crippen molar-refractivity contribution in [1.82, 2.24) is 0 Å². The number of hydrogen-bond donors (Lipinski definition) is 0. The van der Waals surface area contributed by atoms with Gasteiger partial charge in [-0.3, -0.25) is 0 Å². The van der Waals surface area contributed by atoms with Gasteiger partial charge in [0.2, 0.25) is 0 Å². The van der Waals surface area contributed by atoms with Crippen molar-refractivity contribution in [3.8, 4) is 0 Å². The fraction of sp³-hybridized carbons (Fsp3) is 0.259. The molecule has 1 aliphatic heterocycles. The van der Waals surface area contributed by atoms with Crippen molar-refractivity contribution in [3.05, 3.63) is 88.2 Å². The summed E-state index contributed by atoms with van der Waals surface area (Å²) in [6, 6.07) is 13.7. The zero-order chi connectivity index (χ0) is 22.5. The summed E-state index contributed by atoms with van der Waals surface area (Å²) < 4.78 is 2.12. The summed E-state index contributed by atoms with van der Waals surface area (Å²) in [4.78, 5) is 14.1. The molecule has 2 aliphatic rings. The molecule has 2 aromatic rings. The molecule has 7 nitrogen and oxygen atoms in total. The molecule has 1 heterocycles. The smallest absolute Gasteiger partial charge is 0.199 e. The first-order valence-corrected chi connectivity index (χ1v) is 13.4. The van der Waals surface area contributed by atoms with Gasteiger partial charge in [0.15, 0.2) is 5.71 Å². The van der Waals surface area contributed by atoms with E-state index in [0.29, 0.717) is 5.56 Å². The van der Waals surface area contributed by atoms with Gasteiger partial charge in [0.05, 0.1) is 5.97 Å². The van der Waals surface area contributed by atoms with Crippen LogP contribution in [0.15, 0.2) is 71.5 Å². The second-order valence-electron chi connectivity index (χ2n) is 9.08. The lowest BCUT2D eigenvalue weighted by Gasteiger charge is -2.38. The number of rotatable bonds is 3. The van der Waals surface area contributed by atoms with Gasteiger partial charge < -0.3 is 31.2 Å². The average Bonchev–Trinajstić information content (AvgIpc) is 2.73. The number of carbonyl (C=O) groups excluding carboxylic acids is 1. The van der Waals surface area contributed by atoms with Crippen LogP contribution >= 0.6 is 12.4 Å². The monoisotopic (exact) mass is 534 g/mol. The van der Waals surface area contributed by atoms with Crippen LogP contribution in [-0.2, 0) is 0 Å². The molecule has 0 aromatic heterocycles. The number of aromatic carboxylic acids is 1. The van der Waals surface area contributed by atoms with Gasteiger partial charge in [-0.05, 0) is 50.9 Å². The molecule has 0 amide bonds. The summed E-state index contributed by atoms with van der Waals surface area (Å²) in [5.74, 6) is -1.15. The van der Waals surface area contributed by atoms with Crippen molar-refractivity contribution in [2.24, 2.45) is 0 Å². The summed E-state index contributed by atoms with van der Waals surface area (Å²) in [5, 5.41) is 14.6. The molecule has 4 rings (SSSR count). The number of anilines is 1. The molecule has 2 aromatic carbocycles. The first-order valence-electron chi connectivity index (χ1n) is 10.4. The predicted octanol–water partition coefficient (Wildman–Crippen LogP) is 1.18. The fourth-order valence-corrected chi connectivity index (χ4v) is 7.62. The first-order chi connectivity index (χ1) is 14.6. The molecule has 0 radical (unpaired) electrons. The van der Waals surface area contributed by atoms with Gasteiger partial charge in [-0.1, -0.05) is 50.9 Å². The number of benzene rings is 2. The standard InChI is InChI=1S/C26H28N2O2Si.CH4.ClH.3H2O/c1-27(2)17-11-13-21-23(15-17)31(5,6)24-16-18(28(3)4)12-14-22(24)25(21)19-9-7-8-10-20(19)26(29)30;;;;;/h7-16H,1-6H3;1H4;1H;3*1H2. The SMILES string of the molecule is C.CN(C)c1ccc2c(c1)[Si](C)(C)C1=CC(=[N+](C)C)C=CC1=C2c1ccccc1C(=O)[O-].Cl.O.O.O. The highest BCUT2D eigenvalue weighted by atomic mass is 35.5. The van der Waals surface area contributed by atoms with Crippen molar-refractivity contribution in [1.29, 1.82) is 0 Å². The Labute approximate surface area is 221 Å². The number of allylic oxidation sites excluding steroid dienone is 5. The highest BCUT2D eigenvalue weighted by molar-refractivity contribution is 6.98. The zero-order valence-electron chi connectivity index (χ0n) is 20.9. The van der Waals surface area contributed by atoms with Crippen molar-refractivity contribution in [2.45, 2.75) is 20.5 Å². The summed E-state index contributed by atoms with van der Waals surface area (Å²) in [6.07, 6.45) is 6.56. The topological polar surface area (TPSA) is 141 Å². The number of carboxylic acid groups (broad SMARTS) is 1. The normalized spacial score (nSPS) is 14.2. The van der Waals surface area contributed by atoms with Crippen LogP contribution in [0.2, 0.25) is 13.1 Å². The van der Waals surface area contributed by atoms with E-state index < -0.39 is 14.0 Å². The minimum atomic E-state index is -2.04. The van der Waals surface area contributed by atoms with Crippen LogP contribution in [0.5, 0.6) is 0 Å². The first kappa shape index (κ1) is 35.2. The van der Waals surface area contributed by atoms with E-state index in [1.165, 1.54) is 10.4 Å². The minimum Gasteiger partial charge on any atom is -0.545 e. The van der Waals surface area contributed by atoms with Crippen molar-refractivity contribution in [3.63, 3.8) is 0 Å². The van der Waals surface area contributed by atoms with Crippen LogP contribution in [0.25, 0.3) is 5.57 Å². The van der Waals surface area contributed by atoms with Gasteiger partial charge in [-0.2, -0.15) is 0 Å². The number of hydrogen-bond acceptors (Lipinski definition) is 3. The predicted molar refractivity (Wildman–Crippen MR) is 154 cm³/mol. The summed E-state index contributed by atoms with van der Waals surface area (Å²) in [5.41, 5.74) is 6.47. The molecule has 0 saturated carbocycles. The molecular weight excluding hydrogens is 496 g/mol.